The minimum absolute atomic E-state index is 0.0597. The molecule has 3 heterocycles. The van der Waals surface area contributed by atoms with Crippen LogP contribution in [0.5, 0.6) is 0 Å². The van der Waals surface area contributed by atoms with Crippen molar-refractivity contribution < 1.29 is 47.9 Å². The van der Waals surface area contributed by atoms with Crippen LogP contribution >= 0.6 is 0 Å². The summed E-state index contributed by atoms with van der Waals surface area (Å²) in [6, 6.07) is -4.43. The normalized spacial score (nSPS) is 19.4. The van der Waals surface area contributed by atoms with Crippen LogP contribution in [0.3, 0.4) is 0 Å². The Bertz CT molecular complexity index is 1640. The summed E-state index contributed by atoms with van der Waals surface area (Å²) in [5.41, 5.74) is 21.6. The summed E-state index contributed by atoms with van der Waals surface area (Å²) in [5.74, 6) is -5.65. The van der Waals surface area contributed by atoms with Gasteiger partial charge in [0.1, 0.15) is 30.2 Å². The second-order valence-corrected chi connectivity index (χ2v) is 14.7. The summed E-state index contributed by atoms with van der Waals surface area (Å²) in [6.07, 6.45) is 3.35. The molecule has 3 fully saturated rings. The van der Waals surface area contributed by atoms with E-state index >= 15 is 0 Å². The Kier molecular flexibility index (Phi) is 19.6. The van der Waals surface area contributed by atoms with Gasteiger partial charge in [0.2, 0.25) is 59.1 Å². The number of aliphatic imine (C=N–C) groups is 1. The maximum absolute atomic E-state index is 14.1. The monoisotopic (exact) mass is 848 g/mol. The van der Waals surface area contributed by atoms with E-state index in [1.165, 1.54) is 21.6 Å². The predicted octanol–water partition coefficient (Wildman–Crippen LogP) is -6.31. The minimum atomic E-state index is -1.03. The fourth-order valence-corrected chi connectivity index (χ4v) is 7.23. The third-order valence-corrected chi connectivity index (χ3v) is 10.3. The topological polar surface area (TPSA) is 369 Å². The smallest absolute Gasteiger partial charge is 0.246 e. The fourth-order valence-electron chi connectivity index (χ4n) is 7.23. The minimum Gasteiger partial charge on any atom is -0.370 e. The third kappa shape index (κ3) is 14.7. The number of nitrogens with two attached hydrogens (primary N) is 4. The van der Waals surface area contributed by atoms with Crippen LogP contribution in [0.2, 0.25) is 0 Å². The molecular formula is C36H60N14O10. The number of amides is 10. The lowest BCUT2D eigenvalue weighted by Crippen LogP contribution is -2.58. The van der Waals surface area contributed by atoms with Gasteiger partial charge >= 0.3 is 0 Å². The van der Waals surface area contributed by atoms with E-state index < -0.39 is 96.5 Å². The van der Waals surface area contributed by atoms with Gasteiger partial charge in [-0.3, -0.25) is 58.3 Å². The molecule has 3 aliphatic heterocycles. The number of likely N-dealkylation sites (tertiary alicyclic amines) is 3. The maximum atomic E-state index is 14.1. The van der Waals surface area contributed by atoms with E-state index in [0.717, 1.165) is 0 Å². The van der Waals surface area contributed by atoms with Gasteiger partial charge in [-0.15, -0.1) is 0 Å². The lowest BCUT2D eigenvalue weighted by Gasteiger charge is -2.33. The highest BCUT2D eigenvalue weighted by Crippen LogP contribution is 2.26. The van der Waals surface area contributed by atoms with Gasteiger partial charge in [0.15, 0.2) is 5.96 Å². The number of hydrogen-bond acceptors (Lipinski definition) is 13. The maximum Gasteiger partial charge on any atom is 0.246 e. The van der Waals surface area contributed by atoms with Crippen molar-refractivity contribution in [3.8, 4) is 0 Å². The quantitative estimate of drug-likeness (QED) is 0.0292. The Morgan fingerprint density at radius 1 is 0.667 bits per heavy atom. The molecule has 0 aromatic carbocycles. The summed E-state index contributed by atoms with van der Waals surface area (Å²) >= 11 is 0. The largest absolute Gasteiger partial charge is 0.370 e. The van der Waals surface area contributed by atoms with E-state index in [1.807, 2.05) is 0 Å². The SMILES string of the molecule is C[C@@H](NC(=O)CN)C(=O)NCC(=O)NCC(=O)NC(=O)CCCNC(=O)[C@@H]1CCCN1C(=O)[C@@H]1CCCN1C(=O)[C@H](CCCN=C(N)N)NC(=O)[C@@H]1CCCN1C(=O)CN. The fraction of sp³-hybridized carbons (Fsp3) is 0.694. The number of guanidine groups is 1. The van der Waals surface area contributed by atoms with Gasteiger partial charge in [-0.1, -0.05) is 0 Å². The first-order chi connectivity index (χ1) is 28.6. The van der Waals surface area contributed by atoms with Crippen molar-refractivity contribution in [2.45, 2.75) is 101 Å². The highest BCUT2D eigenvalue weighted by atomic mass is 16.2. The van der Waals surface area contributed by atoms with Crippen LogP contribution < -0.4 is 54.8 Å². The molecule has 60 heavy (non-hydrogen) atoms. The number of nitrogens with zero attached hydrogens (tertiary/aromatic N) is 4. The van der Waals surface area contributed by atoms with E-state index in [-0.39, 0.29) is 63.9 Å². The Hall–Kier alpha value is -5.91. The van der Waals surface area contributed by atoms with Gasteiger partial charge in [0.25, 0.3) is 0 Å². The number of hydrogen-bond donors (Lipinski definition) is 10. The molecule has 0 aliphatic carbocycles. The summed E-state index contributed by atoms with van der Waals surface area (Å²) in [5, 5.41) is 14.5. The molecule has 3 aliphatic rings. The molecule has 0 bridgehead atoms. The van der Waals surface area contributed by atoms with Crippen LogP contribution in [0.25, 0.3) is 0 Å². The van der Waals surface area contributed by atoms with Crippen LogP contribution in [-0.4, -0.2) is 169 Å². The summed E-state index contributed by atoms with van der Waals surface area (Å²) in [4.78, 5) is 135. The lowest BCUT2D eigenvalue weighted by molar-refractivity contribution is -0.148. The van der Waals surface area contributed by atoms with Crippen molar-refractivity contribution in [1.82, 2.24) is 46.6 Å². The zero-order valence-corrected chi connectivity index (χ0v) is 34.0. The van der Waals surface area contributed by atoms with Crippen molar-refractivity contribution in [2.24, 2.45) is 27.9 Å². The standard InChI is InChI=1S/C36H60N14O10/c1-21(45-27(52)17-37)31(56)44-19-28(53)43-20-29(54)47-26(51)11-3-12-41-32(57)23-8-5-15-49(23)35(60)25-10-6-16-50(25)34(59)22(7-2-13-42-36(39)40)46-33(58)24-9-4-14-48(24)30(55)18-38/h21-25H,2-20,37-38H2,1H3,(H,41,57)(H,43,53)(H,44,56)(H,45,52)(H,46,58)(H4,39,40,42)(H,47,51,54)/t21-,22+,23+,24+,25+/m1/s1. The third-order valence-electron chi connectivity index (χ3n) is 10.3. The molecule has 0 aromatic rings. The number of carbonyl (C=O) groups is 10. The van der Waals surface area contributed by atoms with Gasteiger partial charge in [0.05, 0.1) is 26.2 Å². The van der Waals surface area contributed by atoms with Crippen LogP contribution in [-0.2, 0) is 47.9 Å². The Labute approximate surface area is 347 Å². The molecule has 0 aromatic heterocycles. The Morgan fingerprint density at radius 2 is 1.28 bits per heavy atom. The van der Waals surface area contributed by atoms with Crippen molar-refractivity contribution in [3.63, 3.8) is 0 Å². The van der Waals surface area contributed by atoms with E-state index in [9.17, 15) is 47.9 Å². The van der Waals surface area contributed by atoms with Crippen molar-refractivity contribution in [3.05, 3.63) is 0 Å². The summed E-state index contributed by atoms with van der Waals surface area (Å²) in [7, 11) is 0. The highest BCUT2D eigenvalue weighted by Gasteiger charge is 2.44. The van der Waals surface area contributed by atoms with Crippen molar-refractivity contribution in [2.75, 3.05) is 58.9 Å². The van der Waals surface area contributed by atoms with Gasteiger partial charge in [0, 0.05) is 39.1 Å². The van der Waals surface area contributed by atoms with Gasteiger partial charge in [-0.25, -0.2) is 0 Å². The molecule has 24 nitrogen and oxygen atoms in total. The van der Waals surface area contributed by atoms with E-state index in [4.69, 9.17) is 22.9 Å². The van der Waals surface area contributed by atoms with Crippen LogP contribution in [0.1, 0.15) is 71.1 Å². The Morgan fingerprint density at radius 3 is 1.93 bits per heavy atom. The van der Waals surface area contributed by atoms with Crippen molar-refractivity contribution >= 4 is 65.0 Å². The number of nitrogens with one attached hydrogen (secondary N) is 6. The number of carbonyl (C=O) groups excluding carboxylic acids is 10. The van der Waals surface area contributed by atoms with Crippen LogP contribution in [0.4, 0.5) is 0 Å². The second-order valence-electron chi connectivity index (χ2n) is 14.7. The second kappa shape index (κ2) is 24.2. The number of rotatable bonds is 21. The molecule has 3 saturated heterocycles. The molecule has 334 valence electrons. The number of imide groups is 1. The molecule has 14 N–H and O–H groups in total. The molecule has 0 spiro atoms. The average molecular weight is 849 g/mol. The summed E-state index contributed by atoms with van der Waals surface area (Å²) in [6.45, 7) is 0.991. The van der Waals surface area contributed by atoms with Gasteiger partial charge in [-0.05, 0) is 64.7 Å². The zero-order chi connectivity index (χ0) is 44.4. The van der Waals surface area contributed by atoms with Gasteiger partial charge < -0.3 is 64.2 Å². The first-order valence-electron chi connectivity index (χ1n) is 20.2. The first-order valence-corrected chi connectivity index (χ1v) is 20.2. The average Bonchev–Trinajstić information content (AvgIpc) is 4.03. The van der Waals surface area contributed by atoms with Gasteiger partial charge in [-0.2, -0.15) is 0 Å². The van der Waals surface area contributed by atoms with E-state index in [2.05, 4.69) is 36.9 Å². The Balaban J connectivity index is 1.48. The van der Waals surface area contributed by atoms with Crippen LogP contribution in [0, 0.1) is 0 Å². The molecule has 0 saturated carbocycles. The van der Waals surface area contributed by atoms with Crippen molar-refractivity contribution in [1.29, 1.82) is 0 Å². The predicted molar refractivity (Wildman–Crippen MR) is 213 cm³/mol. The van der Waals surface area contributed by atoms with Crippen LogP contribution in [0.15, 0.2) is 4.99 Å². The molecule has 24 heteroatoms. The molecule has 10 amide bonds. The molecule has 0 unspecified atom stereocenters. The molecule has 3 rings (SSSR count). The summed E-state index contributed by atoms with van der Waals surface area (Å²) < 4.78 is 0. The lowest BCUT2D eigenvalue weighted by atomic mass is 10.1. The zero-order valence-electron chi connectivity index (χ0n) is 34.0. The molecular weight excluding hydrogens is 788 g/mol. The molecule has 5 atom stereocenters. The van der Waals surface area contributed by atoms with E-state index in [1.54, 1.807) is 0 Å². The highest BCUT2D eigenvalue weighted by molar-refractivity contribution is 5.98. The molecule has 0 radical (unpaired) electrons. The first kappa shape index (κ1) is 48.5. The van der Waals surface area contributed by atoms with E-state index in [0.29, 0.717) is 58.0 Å².